The molecular weight excluding hydrogens is 256 g/mol. The first-order valence-electron chi connectivity index (χ1n) is 6.55. The van der Waals surface area contributed by atoms with Crippen LogP contribution in [0.25, 0.3) is 0 Å². The molecule has 0 radical (unpaired) electrons. The Bertz CT molecular complexity index is 522. The molecule has 0 N–H and O–H groups in total. The predicted octanol–water partition coefficient (Wildman–Crippen LogP) is 2.50. The van der Waals surface area contributed by atoms with Crippen LogP contribution in [0.2, 0.25) is 0 Å². The van der Waals surface area contributed by atoms with Crippen molar-refractivity contribution in [2.45, 2.75) is 13.5 Å². The third kappa shape index (κ3) is 4.28. The number of benzene rings is 1. The van der Waals surface area contributed by atoms with Gasteiger partial charge in [-0.25, -0.2) is 0 Å². The van der Waals surface area contributed by atoms with Gasteiger partial charge in [0.15, 0.2) is 0 Å². The van der Waals surface area contributed by atoms with Gasteiger partial charge in [0.1, 0.15) is 23.9 Å². The van der Waals surface area contributed by atoms with Crippen LogP contribution in [0, 0.1) is 6.92 Å². The Labute approximate surface area is 119 Å². The molecule has 0 unspecified atom stereocenters. The summed E-state index contributed by atoms with van der Waals surface area (Å²) in [5.74, 6) is 2.51. The second kappa shape index (κ2) is 6.96. The summed E-state index contributed by atoms with van der Waals surface area (Å²) in [5.41, 5.74) is 0.939. The summed E-state index contributed by atoms with van der Waals surface area (Å²) in [7, 11) is 3.68. The third-order valence-electron chi connectivity index (χ3n) is 2.91. The van der Waals surface area contributed by atoms with E-state index in [9.17, 15) is 0 Å². The number of rotatable bonds is 7. The van der Waals surface area contributed by atoms with Gasteiger partial charge in [-0.2, -0.15) is 0 Å². The molecule has 0 aliphatic carbocycles. The van der Waals surface area contributed by atoms with E-state index in [2.05, 4.69) is 10.1 Å². The monoisotopic (exact) mass is 276 g/mol. The maximum atomic E-state index is 5.68. The number of hydrogen-bond donors (Lipinski definition) is 0. The van der Waals surface area contributed by atoms with Crippen LogP contribution in [0.5, 0.6) is 11.5 Å². The Hall–Kier alpha value is -2.01. The molecule has 0 spiro atoms. The highest BCUT2D eigenvalue weighted by Crippen LogP contribution is 2.16. The molecule has 1 heterocycles. The Balaban J connectivity index is 1.71. The van der Waals surface area contributed by atoms with Gasteiger partial charge in [-0.3, -0.25) is 4.90 Å². The minimum Gasteiger partial charge on any atom is -0.497 e. The fourth-order valence-electron chi connectivity index (χ4n) is 1.84. The zero-order chi connectivity index (χ0) is 14.4. The molecule has 0 saturated heterocycles. The van der Waals surface area contributed by atoms with E-state index in [1.54, 1.807) is 7.11 Å². The summed E-state index contributed by atoms with van der Waals surface area (Å²) in [6.07, 6.45) is 0. The Morgan fingerprint density at radius 1 is 1.20 bits per heavy atom. The molecule has 0 saturated carbocycles. The van der Waals surface area contributed by atoms with Crippen LogP contribution in [-0.4, -0.2) is 37.4 Å². The highest BCUT2D eigenvalue weighted by molar-refractivity contribution is 5.31. The summed E-state index contributed by atoms with van der Waals surface area (Å²) in [6.45, 7) is 4.09. The number of likely N-dealkylation sites (N-methyl/N-ethyl adjacent to an activating group) is 1. The van der Waals surface area contributed by atoms with E-state index in [0.717, 1.165) is 36.0 Å². The minimum absolute atomic E-state index is 0.625. The van der Waals surface area contributed by atoms with Crippen LogP contribution in [0.1, 0.15) is 11.5 Å². The van der Waals surface area contributed by atoms with Gasteiger partial charge in [0.2, 0.25) is 0 Å². The fourth-order valence-corrected chi connectivity index (χ4v) is 1.84. The first kappa shape index (κ1) is 14.4. The number of ether oxygens (including phenoxy) is 2. The summed E-state index contributed by atoms with van der Waals surface area (Å²) in [4.78, 5) is 2.14. The lowest BCUT2D eigenvalue weighted by molar-refractivity contribution is 0.228. The standard InChI is InChI=1S/C15H20N2O3/c1-12-10-13(16-20-12)11-17(2)8-9-19-15-6-4-14(18-3)5-7-15/h4-7,10H,8-9,11H2,1-3H3. The van der Waals surface area contributed by atoms with Crippen molar-refractivity contribution in [3.63, 3.8) is 0 Å². The number of aryl methyl sites for hydroxylation is 1. The van der Waals surface area contributed by atoms with E-state index in [4.69, 9.17) is 14.0 Å². The van der Waals surface area contributed by atoms with Crippen molar-refractivity contribution in [3.05, 3.63) is 41.8 Å². The molecule has 5 nitrogen and oxygen atoms in total. The van der Waals surface area contributed by atoms with Gasteiger partial charge in [-0.05, 0) is 38.2 Å². The van der Waals surface area contributed by atoms with Gasteiger partial charge in [-0.1, -0.05) is 5.16 Å². The molecular formula is C15H20N2O3. The van der Waals surface area contributed by atoms with E-state index in [1.807, 2.05) is 44.3 Å². The first-order valence-corrected chi connectivity index (χ1v) is 6.55. The zero-order valence-electron chi connectivity index (χ0n) is 12.1. The van der Waals surface area contributed by atoms with Crippen molar-refractivity contribution in [2.24, 2.45) is 0 Å². The van der Waals surface area contributed by atoms with Crippen molar-refractivity contribution in [2.75, 3.05) is 27.3 Å². The molecule has 0 aliphatic rings. The molecule has 0 atom stereocenters. The maximum Gasteiger partial charge on any atom is 0.133 e. The first-order chi connectivity index (χ1) is 9.67. The van der Waals surface area contributed by atoms with Crippen LogP contribution in [-0.2, 0) is 6.54 Å². The Kier molecular flexibility index (Phi) is 5.01. The molecule has 2 aromatic rings. The molecule has 0 fully saturated rings. The lowest BCUT2D eigenvalue weighted by Gasteiger charge is -2.15. The van der Waals surface area contributed by atoms with Crippen molar-refractivity contribution in [1.82, 2.24) is 10.1 Å². The van der Waals surface area contributed by atoms with E-state index in [1.165, 1.54) is 0 Å². The maximum absolute atomic E-state index is 5.68. The largest absolute Gasteiger partial charge is 0.497 e. The van der Waals surface area contributed by atoms with Gasteiger partial charge in [0.05, 0.1) is 12.8 Å². The molecule has 1 aromatic heterocycles. The van der Waals surface area contributed by atoms with Crippen LogP contribution in [0.3, 0.4) is 0 Å². The number of aromatic nitrogens is 1. The van der Waals surface area contributed by atoms with Gasteiger partial charge in [0.25, 0.3) is 0 Å². The topological polar surface area (TPSA) is 47.7 Å². The predicted molar refractivity (Wildman–Crippen MR) is 76.1 cm³/mol. The smallest absolute Gasteiger partial charge is 0.133 e. The molecule has 5 heteroatoms. The van der Waals surface area contributed by atoms with Crippen LogP contribution in [0.4, 0.5) is 0 Å². The highest BCUT2D eigenvalue weighted by Gasteiger charge is 2.05. The van der Waals surface area contributed by atoms with Crippen LogP contribution in [0.15, 0.2) is 34.9 Å². The average molecular weight is 276 g/mol. The quantitative estimate of drug-likeness (QED) is 0.777. The van der Waals surface area contributed by atoms with Gasteiger partial charge >= 0.3 is 0 Å². The molecule has 0 amide bonds. The Morgan fingerprint density at radius 2 is 1.90 bits per heavy atom. The van der Waals surface area contributed by atoms with Gasteiger partial charge < -0.3 is 14.0 Å². The van der Waals surface area contributed by atoms with E-state index in [0.29, 0.717) is 6.61 Å². The minimum atomic E-state index is 0.625. The van der Waals surface area contributed by atoms with Crippen molar-refractivity contribution < 1.29 is 14.0 Å². The van der Waals surface area contributed by atoms with Crippen molar-refractivity contribution in [1.29, 1.82) is 0 Å². The molecule has 0 bridgehead atoms. The van der Waals surface area contributed by atoms with Crippen LogP contribution >= 0.6 is 0 Å². The van der Waals surface area contributed by atoms with E-state index in [-0.39, 0.29) is 0 Å². The summed E-state index contributed by atoms with van der Waals surface area (Å²) < 4.78 is 15.8. The summed E-state index contributed by atoms with van der Waals surface area (Å²) in [5, 5.41) is 3.97. The lowest BCUT2D eigenvalue weighted by atomic mass is 10.3. The number of nitrogens with zero attached hydrogens (tertiary/aromatic N) is 2. The van der Waals surface area contributed by atoms with Gasteiger partial charge in [-0.15, -0.1) is 0 Å². The number of hydrogen-bond acceptors (Lipinski definition) is 5. The second-order valence-electron chi connectivity index (χ2n) is 4.69. The second-order valence-corrected chi connectivity index (χ2v) is 4.69. The lowest BCUT2D eigenvalue weighted by Crippen LogP contribution is -2.24. The fraction of sp³-hybridized carbons (Fsp3) is 0.400. The highest BCUT2D eigenvalue weighted by atomic mass is 16.5. The number of methoxy groups -OCH3 is 1. The molecule has 2 rings (SSSR count). The summed E-state index contributed by atoms with van der Waals surface area (Å²) >= 11 is 0. The van der Waals surface area contributed by atoms with Crippen molar-refractivity contribution in [3.8, 4) is 11.5 Å². The average Bonchev–Trinajstić information content (AvgIpc) is 2.85. The Morgan fingerprint density at radius 3 is 2.50 bits per heavy atom. The van der Waals surface area contributed by atoms with Gasteiger partial charge in [0, 0.05) is 19.2 Å². The summed E-state index contributed by atoms with van der Waals surface area (Å²) in [6, 6.07) is 9.52. The molecule has 20 heavy (non-hydrogen) atoms. The molecule has 108 valence electrons. The van der Waals surface area contributed by atoms with E-state index < -0.39 is 0 Å². The van der Waals surface area contributed by atoms with E-state index >= 15 is 0 Å². The van der Waals surface area contributed by atoms with Crippen LogP contribution < -0.4 is 9.47 Å². The normalized spacial score (nSPS) is 10.8. The zero-order valence-corrected chi connectivity index (χ0v) is 12.1. The SMILES string of the molecule is COc1ccc(OCCN(C)Cc2cc(C)on2)cc1. The molecule has 0 aliphatic heterocycles. The third-order valence-corrected chi connectivity index (χ3v) is 2.91. The van der Waals surface area contributed by atoms with Crippen molar-refractivity contribution >= 4 is 0 Å². The molecule has 1 aromatic carbocycles.